The number of ether oxygens (including phenoxy) is 1. The van der Waals surface area contributed by atoms with E-state index in [1.807, 2.05) is 30.3 Å². The van der Waals surface area contributed by atoms with E-state index in [4.69, 9.17) is 29.0 Å². The number of halogens is 1. The van der Waals surface area contributed by atoms with Gasteiger partial charge in [0.2, 0.25) is 0 Å². The summed E-state index contributed by atoms with van der Waals surface area (Å²) in [5.74, 6) is -2.85. The predicted molar refractivity (Wildman–Crippen MR) is 136 cm³/mol. The Bertz CT molecular complexity index is 1380. The molecule has 3 N–H and O–H groups in total. The number of β-amino-alcohol motifs (C(OH)–C–C–N with tert-alkyl or cyclic N) is 1. The molecule has 0 bridgehead atoms. The third-order valence-corrected chi connectivity index (χ3v) is 7.45. The van der Waals surface area contributed by atoms with E-state index in [1.54, 1.807) is 23.7 Å². The fourth-order valence-corrected chi connectivity index (χ4v) is 5.55. The van der Waals surface area contributed by atoms with Crippen LogP contribution >= 0.6 is 11.3 Å². The molecule has 3 atom stereocenters. The number of carboxylic acid groups (broad SMARTS) is 2. The van der Waals surface area contributed by atoms with E-state index in [2.05, 4.69) is 16.8 Å². The number of aliphatic hydroxyl groups is 1. The van der Waals surface area contributed by atoms with Gasteiger partial charge in [0.25, 0.3) is 0 Å². The Balaban J connectivity index is 0.000000480. The SMILES string of the molecule is C[C@H]1C[C@@H](c2nc3c(F)cccc3s2)CCN1C[C@H](O)COc1cccc2occc12.O=C(O)C(=O)O. The van der Waals surface area contributed by atoms with Crippen LogP contribution in [0, 0.1) is 5.82 Å². The summed E-state index contributed by atoms with van der Waals surface area (Å²) < 4.78 is 26.2. The van der Waals surface area contributed by atoms with Gasteiger partial charge in [0, 0.05) is 18.5 Å². The lowest BCUT2D eigenvalue weighted by Gasteiger charge is -2.38. The molecule has 1 aliphatic rings. The molecule has 0 spiro atoms. The summed E-state index contributed by atoms with van der Waals surface area (Å²) in [5, 5.41) is 27.3. The molecular formula is C26H27FN2O7S. The molecule has 4 aromatic rings. The fraction of sp³-hybridized carbons (Fsp3) is 0.346. The summed E-state index contributed by atoms with van der Waals surface area (Å²) in [6.45, 7) is 3.84. The molecular weight excluding hydrogens is 503 g/mol. The first-order valence-corrected chi connectivity index (χ1v) is 12.6. The van der Waals surface area contributed by atoms with Gasteiger partial charge in [-0.3, -0.25) is 4.90 Å². The summed E-state index contributed by atoms with van der Waals surface area (Å²) in [6.07, 6.45) is 2.95. The number of aliphatic carboxylic acids is 2. The number of thiazole rings is 1. The monoisotopic (exact) mass is 530 g/mol. The number of benzene rings is 2. The number of furan rings is 1. The van der Waals surface area contributed by atoms with E-state index in [9.17, 15) is 9.50 Å². The molecule has 0 amide bonds. The summed E-state index contributed by atoms with van der Waals surface area (Å²) >= 11 is 1.60. The van der Waals surface area contributed by atoms with Crippen LogP contribution in [0.15, 0.2) is 53.1 Å². The van der Waals surface area contributed by atoms with Crippen molar-refractivity contribution < 1.29 is 38.5 Å². The largest absolute Gasteiger partial charge is 0.490 e. The Hall–Kier alpha value is -3.54. The first kappa shape index (κ1) is 26.5. The minimum atomic E-state index is -1.82. The smallest absolute Gasteiger partial charge is 0.414 e. The first-order chi connectivity index (χ1) is 17.7. The number of hydrogen-bond acceptors (Lipinski definition) is 8. The van der Waals surface area contributed by atoms with E-state index in [1.165, 1.54) is 6.07 Å². The number of carboxylic acids is 2. The maximum Gasteiger partial charge on any atom is 0.414 e. The van der Waals surface area contributed by atoms with Crippen molar-refractivity contribution in [1.82, 2.24) is 9.88 Å². The van der Waals surface area contributed by atoms with Gasteiger partial charge in [0.15, 0.2) is 0 Å². The molecule has 37 heavy (non-hydrogen) atoms. The number of nitrogens with zero attached hydrogens (tertiary/aromatic N) is 2. The van der Waals surface area contributed by atoms with Gasteiger partial charge in [-0.05, 0) is 56.6 Å². The van der Waals surface area contributed by atoms with Crippen molar-refractivity contribution in [1.29, 1.82) is 0 Å². The van der Waals surface area contributed by atoms with E-state index in [0.717, 1.165) is 45.8 Å². The van der Waals surface area contributed by atoms with Crippen LogP contribution in [-0.4, -0.2) is 69.0 Å². The highest BCUT2D eigenvalue weighted by atomic mass is 32.1. The molecule has 2 aromatic carbocycles. The topological polar surface area (TPSA) is 133 Å². The lowest BCUT2D eigenvalue weighted by atomic mass is 9.92. The van der Waals surface area contributed by atoms with E-state index >= 15 is 0 Å². The molecule has 9 nitrogen and oxygen atoms in total. The molecule has 0 radical (unpaired) electrons. The number of likely N-dealkylation sites (tertiary alicyclic amines) is 1. The van der Waals surface area contributed by atoms with E-state index in [0.29, 0.717) is 24.0 Å². The molecule has 3 heterocycles. The molecule has 1 saturated heterocycles. The molecule has 2 aromatic heterocycles. The average Bonchev–Trinajstić information content (AvgIpc) is 3.52. The van der Waals surface area contributed by atoms with Crippen molar-refractivity contribution in [2.75, 3.05) is 19.7 Å². The number of hydrogen-bond donors (Lipinski definition) is 3. The van der Waals surface area contributed by atoms with Gasteiger partial charge in [-0.2, -0.15) is 0 Å². The zero-order chi connectivity index (χ0) is 26.5. The number of fused-ring (bicyclic) bond motifs is 2. The first-order valence-electron chi connectivity index (χ1n) is 11.7. The Morgan fingerprint density at radius 2 is 1.97 bits per heavy atom. The van der Waals surface area contributed by atoms with Gasteiger partial charge >= 0.3 is 11.9 Å². The highest BCUT2D eigenvalue weighted by Gasteiger charge is 2.30. The zero-order valence-corrected chi connectivity index (χ0v) is 20.9. The van der Waals surface area contributed by atoms with Crippen LogP contribution in [0.3, 0.4) is 0 Å². The standard InChI is InChI=1S/C24H25FN2O3S.C2H2O4/c1-15-12-16(24-26-23-19(25)4-2-7-22(23)31-24)8-10-27(15)13-17(28)14-30-21-6-3-5-20-18(21)9-11-29-20;3-1(4)2(5)6/h2-7,9,11,15-17,28H,8,10,12-14H2,1H3;(H,3,4)(H,5,6)/t15-,16-,17-;/m0./s1. The molecule has 0 aliphatic carbocycles. The second-order valence-corrected chi connectivity index (χ2v) is 9.93. The second kappa shape index (κ2) is 11.7. The van der Waals surface area contributed by atoms with Crippen LogP contribution in [0.2, 0.25) is 0 Å². The number of rotatable bonds is 6. The van der Waals surface area contributed by atoms with Crippen LogP contribution in [0.5, 0.6) is 5.75 Å². The van der Waals surface area contributed by atoms with Crippen molar-refractivity contribution in [3.8, 4) is 5.75 Å². The van der Waals surface area contributed by atoms with Gasteiger partial charge in [-0.1, -0.05) is 12.1 Å². The van der Waals surface area contributed by atoms with Crippen LogP contribution in [0.25, 0.3) is 21.2 Å². The molecule has 1 fully saturated rings. The summed E-state index contributed by atoms with van der Waals surface area (Å²) in [5.41, 5.74) is 1.26. The third-order valence-electron chi connectivity index (χ3n) is 6.26. The minimum Gasteiger partial charge on any atom is -0.490 e. The maximum absolute atomic E-state index is 14.0. The highest BCUT2D eigenvalue weighted by Crippen LogP contribution is 2.36. The number of aromatic nitrogens is 1. The Morgan fingerprint density at radius 3 is 2.68 bits per heavy atom. The molecule has 0 saturated carbocycles. The molecule has 5 rings (SSSR count). The van der Waals surface area contributed by atoms with Crippen molar-refractivity contribution in [2.45, 2.75) is 37.8 Å². The molecule has 0 unspecified atom stereocenters. The number of carbonyl (C=O) groups is 2. The average molecular weight is 531 g/mol. The highest BCUT2D eigenvalue weighted by molar-refractivity contribution is 7.18. The fourth-order valence-electron chi connectivity index (χ4n) is 4.42. The predicted octanol–water partition coefficient (Wildman–Crippen LogP) is 4.35. The van der Waals surface area contributed by atoms with Gasteiger partial charge < -0.3 is 24.5 Å². The van der Waals surface area contributed by atoms with Gasteiger partial charge in [0.1, 0.15) is 35.4 Å². The van der Waals surface area contributed by atoms with E-state index in [-0.39, 0.29) is 12.4 Å². The summed E-state index contributed by atoms with van der Waals surface area (Å²) in [7, 11) is 0. The van der Waals surface area contributed by atoms with Crippen LogP contribution in [-0.2, 0) is 9.59 Å². The zero-order valence-electron chi connectivity index (χ0n) is 20.0. The Kier molecular flexibility index (Phi) is 8.37. The van der Waals surface area contributed by atoms with Crippen LogP contribution < -0.4 is 4.74 Å². The number of piperidine rings is 1. The summed E-state index contributed by atoms with van der Waals surface area (Å²) in [6, 6.07) is 13.0. The van der Waals surface area contributed by atoms with Crippen LogP contribution in [0.1, 0.15) is 30.7 Å². The number of para-hydroxylation sites is 1. The minimum absolute atomic E-state index is 0.230. The second-order valence-electron chi connectivity index (χ2n) is 8.87. The van der Waals surface area contributed by atoms with Crippen molar-refractivity contribution in [3.63, 3.8) is 0 Å². The van der Waals surface area contributed by atoms with Gasteiger partial charge in [-0.15, -0.1) is 11.3 Å². The normalized spacial score (nSPS) is 18.8. The third kappa shape index (κ3) is 6.43. The van der Waals surface area contributed by atoms with Gasteiger partial charge in [-0.25, -0.2) is 19.0 Å². The summed E-state index contributed by atoms with van der Waals surface area (Å²) in [4.78, 5) is 25.1. The van der Waals surface area contributed by atoms with E-state index < -0.39 is 18.0 Å². The Labute approximate surface area is 215 Å². The van der Waals surface area contributed by atoms with Crippen molar-refractivity contribution in [3.05, 3.63) is 59.6 Å². The van der Waals surface area contributed by atoms with Crippen molar-refractivity contribution >= 4 is 44.5 Å². The quantitative estimate of drug-likeness (QED) is 0.311. The van der Waals surface area contributed by atoms with Crippen LogP contribution in [0.4, 0.5) is 4.39 Å². The maximum atomic E-state index is 14.0. The molecule has 11 heteroatoms. The number of aliphatic hydroxyl groups excluding tert-OH is 1. The molecule has 196 valence electrons. The Morgan fingerprint density at radius 1 is 1.22 bits per heavy atom. The molecule has 1 aliphatic heterocycles. The lowest BCUT2D eigenvalue weighted by Crippen LogP contribution is -2.45. The lowest BCUT2D eigenvalue weighted by molar-refractivity contribution is -0.159. The van der Waals surface area contributed by atoms with Gasteiger partial charge in [0.05, 0.1) is 21.4 Å². The van der Waals surface area contributed by atoms with Crippen molar-refractivity contribution in [2.24, 2.45) is 0 Å².